The SMILES string of the molecule is Nc1c[c]nc(Nc2cccc(F)c2)c1. The van der Waals surface area contributed by atoms with Crippen molar-refractivity contribution in [1.82, 2.24) is 4.98 Å². The minimum absolute atomic E-state index is 0.298. The number of benzene rings is 1. The average molecular weight is 202 g/mol. The number of aromatic nitrogens is 1. The van der Waals surface area contributed by atoms with Crippen LogP contribution in [0.3, 0.4) is 0 Å². The standard InChI is InChI=1S/C11H9FN3/c12-8-2-1-3-10(6-8)15-11-7-9(13)4-5-14-11/h1-4,6-7H,(H3,13,14,15). The Hall–Kier alpha value is -2.10. The van der Waals surface area contributed by atoms with Crippen LogP contribution in [0.2, 0.25) is 0 Å². The van der Waals surface area contributed by atoms with Crippen molar-refractivity contribution in [3.63, 3.8) is 0 Å². The predicted octanol–water partition coefficient (Wildman–Crippen LogP) is 2.35. The van der Waals surface area contributed by atoms with Crippen molar-refractivity contribution in [2.75, 3.05) is 11.1 Å². The molecule has 1 heterocycles. The summed E-state index contributed by atoms with van der Waals surface area (Å²) in [5, 5.41) is 2.92. The Kier molecular flexibility index (Phi) is 2.49. The molecule has 0 amide bonds. The van der Waals surface area contributed by atoms with E-state index in [0.717, 1.165) is 0 Å². The second-order valence-electron chi connectivity index (χ2n) is 3.05. The first-order valence-corrected chi connectivity index (χ1v) is 4.40. The van der Waals surface area contributed by atoms with Gasteiger partial charge >= 0.3 is 0 Å². The first-order valence-electron chi connectivity index (χ1n) is 4.40. The normalized spacial score (nSPS) is 9.93. The van der Waals surface area contributed by atoms with Crippen LogP contribution in [-0.2, 0) is 0 Å². The van der Waals surface area contributed by atoms with Crippen LogP contribution >= 0.6 is 0 Å². The highest BCUT2D eigenvalue weighted by Gasteiger charge is 1.97. The van der Waals surface area contributed by atoms with Crippen LogP contribution in [0.25, 0.3) is 0 Å². The van der Waals surface area contributed by atoms with Crippen molar-refractivity contribution >= 4 is 17.2 Å². The number of hydrogen-bond donors (Lipinski definition) is 2. The fourth-order valence-corrected chi connectivity index (χ4v) is 1.19. The number of hydrogen-bond acceptors (Lipinski definition) is 3. The number of rotatable bonds is 2. The van der Waals surface area contributed by atoms with Gasteiger partial charge in [-0.15, -0.1) is 0 Å². The Labute approximate surface area is 86.8 Å². The Bertz CT molecular complexity index is 427. The summed E-state index contributed by atoms with van der Waals surface area (Å²) in [6, 6.07) is 9.34. The maximum Gasteiger partial charge on any atom is 0.133 e. The Morgan fingerprint density at radius 1 is 1.33 bits per heavy atom. The highest BCUT2D eigenvalue weighted by molar-refractivity contribution is 5.59. The first-order chi connectivity index (χ1) is 7.24. The van der Waals surface area contributed by atoms with Gasteiger partial charge in [0.1, 0.15) is 11.6 Å². The summed E-state index contributed by atoms with van der Waals surface area (Å²) in [5.74, 6) is 0.244. The molecule has 15 heavy (non-hydrogen) atoms. The molecule has 0 bridgehead atoms. The van der Waals surface area contributed by atoms with Gasteiger partial charge in [0, 0.05) is 17.4 Å². The summed E-state index contributed by atoms with van der Waals surface area (Å²) in [6.45, 7) is 0. The van der Waals surface area contributed by atoms with Gasteiger partial charge < -0.3 is 11.1 Å². The third-order valence-electron chi connectivity index (χ3n) is 1.82. The molecule has 0 aliphatic heterocycles. The quantitative estimate of drug-likeness (QED) is 0.785. The number of halogens is 1. The lowest BCUT2D eigenvalue weighted by atomic mass is 10.3. The van der Waals surface area contributed by atoms with Gasteiger partial charge in [-0.25, -0.2) is 9.37 Å². The lowest BCUT2D eigenvalue weighted by Gasteiger charge is -2.05. The van der Waals surface area contributed by atoms with Gasteiger partial charge in [0.2, 0.25) is 0 Å². The maximum atomic E-state index is 12.9. The van der Waals surface area contributed by atoms with Gasteiger partial charge in [-0.05, 0) is 24.3 Å². The van der Waals surface area contributed by atoms with Gasteiger partial charge in [0.25, 0.3) is 0 Å². The molecule has 1 radical (unpaired) electrons. The molecule has 1 aromatic heterocycles. The minimum atomic E-state index is -0.298. The summed E-state index contributed by atoms with van der Waals surface area (Å²) in [7, 11) is 0. The van der Waals surface area contributed by atoms with Crippen LogP contribution in [-0.4, -0.2) is 4.98 Å². The van der Waals surface area contributed by atoms with Crippen LogP contribution in [0, 0.1) is 12.0 Å². The third kappa shape index (κ3) is 2.43. The largest absolute Gasteiger partial charge is 0.399 e. The predicted molar refractivity (Wildman–Crippen MR) is 57.2 cm³/mol. The van der Waals surface area contributed by atoms with E-state index < -0.39 is 0 Å². The summed E-state index contributed by atoms with van der Waals surface area (Å²) in [5.41, 5.74) is 6.74. The molecule has 0 saturated heterocycles. The van der Waals surface area contributed by atoms with Crippen LogP contribution in [0.5, 0.6) is 0 Å². The van der Waals surface area contributed by atoms with E-state index in [0.29, 0.717) is 17.2 Å². The fraction of sp³-hybridized carbons (Fsp3) is 0. The van der Waals surface area contributed by atoms with E-state index in [1.165, 1.54) is 12.1 Å². The Balaban J connectivity index is 2.22. The molecule has 2 aromatic rings. The first kappa shape index (κ1) is 9.45. The van der Waals surface area contributed by atoms with E-state index in [1.807, 2.05) is 0 Å². The highest BCUT2D eigenvalue weighted by atomic mass is 19.1. The number of nitrogens with zero attached hydrogens (tertiary/aromatic N) is 1. The van der Waals surface area contributed by atoms with Gasteiger partial charge in [0.05, 0.1) is 6.20 Å². The molecule has 3 N–H and O–H groups in total. The number of nitrogens with one attached hydrogen (secondary N) is 1. The number of anilines is 3. The third-order valence-corrected chi connectivity index (χ3v) is 1.82. The summed E-state index contributed by atoms with van der Waals surface area (Å²) < 4.78 is 12.9. The van der Waals surface area contributed by atoms with E-state index in [1.54, 1.807) is 24.3 Å². The van der Waals surface area contributed by atoms with E-state index >= 15 is 0 Å². The molecule has 0 saturated carbocycles. The van der Waals surface area contributed by atoms with Gasteiger partial charge in [-0.1, -0.05) is 6.07 Å². The second kappa shape index (κ2) is 3.96. The van der Waals surface area contributed by atoms with Crippen LogP contribution < -0.4 is 11.1 Å². The van der Waals surface area contributed by atoms with Gasteiger partial charge in [-0.2, -0.15) is 0 Å². The lowest BCUT2D eigenvalue weighted by molar-refractivity contribution is 0.628. The van der Waals surface area contributed by atoms with Crippen molar-refractivity contribution in [3.8, 4) is 0 Å². The van der Waals surface area contributed by atoms with Crippen molar-refractivity contribution in [2.45, 2.75) is 0 Å². The van der Waals surface area contributed by atoms with Crippen molar-refractivity contribution in [1.29, 1.82) is 0 Å². The average Bonchev–Trinajstić information content (AvgIpc) is 2.17. The summed E-state index contributed by atoms with van der Waals surface area (Å²) in [4.78, 5) is 3.93. The van der Waals surface area contributed by atoms with Gasteiger partial charge in [0.15, 0.2) is 0 Å². The van der Waals surface area contributed by atoms with E-state index in [4.69, 9.17) is 5.73 Å². The summed E-state index contributed by atoms with van der Waals surface area (Å²) >= 11 is 0. The topological polar surface area (TPSA) is 50.9 Å². The zero-order valence-corrected chi connectivity index (χ0v) is 7.87. The molecule has 2 rings (SSSR count). The van der Waals surface area contributed by atoms with Crippen LogP contribution in [0.4, 0.5) is 21.6 Å². The zero-order valence-electron chi connectivity index (χ0n) is 7.87. The summed E-state index contributed by atoms with van der Waals surface area (Å²) in [6.07, 6.45) is 2.63. The second-order valence-corrected chi connectivity index (χ2v) is 3.05. The molecule has 0 aliphatic rings. The minimum Gasteiger partial charge on any atom is -0.399 e. The Morgan fingerprint density at radius 3 is 2.93 bits per heavy atom. The molecule has 75 valence electrons. The molecule has 4 heteroatoms. The molecular formula is C11H9FN3. The molecule has 0 aliphatic carbocycles. The fourth-order valence-electron chi connectivity index (χ4n) is 1.19. The Morgan fingerprint density at radius 2 is 2.20 bits per heavy atom. The number of pyridine rings is 1. The van der Waals surface area contributed by atoms with E-state index in [-0.39, 0.29) is 5.82 Å². The zero-order chi connectivity index (χ0) is 10.7. The van der Waals surface area contributed by atoms with E-state index in [2.05, 4.69) is 16.5 Å². The molecule has 0 spiro atoms. The molecule has 0 atom stereocenters. The van der Waals surface area contributed by atoms with E-state index in [9.17, 15) is 4.39 Å². The van der Waals surface area contributed by atoms with Crippen LogP contribution in [0.1, 0.15) is 0 Å². The number of nitrogens with two attached hydrogens (primary N) is 1. The van der Waals surface area contributed by atoms with Crippen molar-refractivity contribution in [2.24, 2.45) is 0 Å². The maximum absolute atomic E-state index is 12.9. The molecule has 0 unspecified atom stereocenters. The van der Waals surface area contributed by atoms with Gasteiger partial charge in [-0.3, -0.25) is 0 Å². The van der Waals surface area contributed by atoms with Crippen molar-refractivity contribution < 1.29 is 4.39 Å². The molecular weight excluding hydrogens is 193 g/mol. The highest BCUT2D eigenvalue weighted by Crippen LogP contribution is 2.16. The van der Waals surface area contributed by atoms with Crippen molar-refractivity contribution in [3.05, 3.63) is 48.4 Å². The number of nitrogen functional groups attached to an aromatic ring is 1. The van der Waals surface area contributed by atoms with Crippen LogP contribution in [0.15, 0.2) is 36.4 Å². The molecule has 0 fully saturated rings. The molecule has 3 nitrogen and oxygen atoms in total. The monoisotopic (exact) mass is 202 g/mol. The molecule has 1 aromatic carbocycles. The lowest BCUT2D eigenvalue weighted by Crippen LogP contribution is -1.95. The smallest absolute Gasteiger partial charge is 0.133 e.